The van der Waals surface area contributed by atoms with Crippen molar-refractivity contribution in [2.24, 2.45) is 11.8 Å². The lowest BCUT2D eigenvalue weighted by Gasteiger charge is -2.15. The molecule has 3 fully saturated rings. The minimum atomic E-state index is 0.638. The molecule has 1 saturated heterocycles. The number of aromatic nitrogens is 1. The van der Waals surface area contributed by atoms with Crippen LogP contribution >= 0.6 is 11.3 Å². The third kappa shape index (κ3) is 2.96. The van der Waals surface area contributed by atoms with Crippen LogP contribution in [0.15, 0.2) is 0 Å². The van der Waals surface area contributed by atoms with Crippen molar-refractivity contribution in [1.29, 1.82) is 0 Å². The molecule has 1 aromatic rings. The second-order valence-corrected chi connectivity index (χ2v) is 7.87. The van der Waals surface area contributed by atoms with E-state index < -0.39 is 0 Å². The molecule has 2 atom stereocenters. The maximum atomic E-state index is 5.34. The monoisotopic (exact) mass is 307 g/mol. The molecule has 5 heteroatoms. The van der Waals surface area contributed by atoms with Gasteiger partial charge in [0.15, 0.2) is 5.13 Å². The zero-order valence-corrected chi connectivity index (χ0v) is 13.6. The van der Waals surface area contributed by atoms with Crippen molar-refractivity contribution < 1.29 is 4.74 Å². The van der Waals surface area contributed by atoms with Crippen LogP contribution < -0.4 is 10.2 Å². The molecule has 4 nitrogen and oxygen atoms in total. The molecule has 2 saturated carbocycles. The van der Waals surface area contributed by atoms with Gasteiger partial charge in [-0.1, -0.05) is 6.42 Å². The minimum Gasteiger partial charge on any atom is -0.378 e. The molecule has 3 aliphatic rings. The van der Waals surface area contributed by atoms with Crippen LogP contribution in [0, 0.1) is 11.8 Å². The number of ether oxygens (including phenoxy) is 1. The molecule has 21 heavy (non-hydrogen) atoms. The molecule has 0 radical (unpaired) electrons. The predicted molar refractivity (Wildman–Crippen MR) is 85.7 cm³/mol. The van der Waals surface area contributed by atoms with Gasteiger partial charge in [0.2, 0.25) is 0 Å². The highest BCUT2D eigenvalue weighted by molar-refractivity contribution is 7.15. The first-order valence-electron chi connectivity index (χ1n) is 8.29. The van der Waals surface area contributed by atoms with Crippen LogP contribution in [-0.2, 0) is 17.9 Å². The topological polar surface area (TPSA) is 37.4 Å². The fourth-order valence-corrected chi connectivity index (χ4v) is 4.84. The van der Waals surface area contributed by atoms with Gasteiger partial charge < -0.3 is 15.0 Å². The molecule has 2 unspecified atom stereocenters. The molecule has 0 spiro atoms. The standard InChI is InChI=1S/C16H25N3OS/c1-20-10-14-15(7-17-13-5-6-13)21-16(18-14)19-8-11-3-2-4-12(11)9-19/h11-13,17H,2-10H2,1H3. The number of methoxy groups -OCH3 is 1. The van der Waals surface area contributed by atoms with Crippen molar-refractivity contribution in [3.05, 3.63) is 10.6 Å². The van der Waals surface area contributed by atoms with Gasteiger partial charge in [-0.05, 0) is 37.5 Å². The Morgan fingerprint density at radius 1 is 1.24 bits per heavy atom. The first-order chi connectivity index (χ1) is 10.3. The number of nitrogens with one attached hydrogen (secondary N) is 1. The summed E-state index contributed by atoms with van der Waals surface area (Å²) in [5.74, 6) is 1.85. The Hall–Kier alpha value is -0.650. The molecule has 1 N–H and O–H groups in total. The third-order valence-corrected chi connectivity index (χ3v) is 6.33. The van der Waals surface area contributed by atoms with Crippen LogP contribution in [0.1, 0.15) is 42.7 Å². The second-order valence-electron chi connectivity index (χ2n) is 6.81. The van der Waals surface area contributed by atoms with Gasteiger partial charge in [0, 0.05) is 37.7 Å². The van der Waals surface area contributed by atoms with Crippen molar-refractivity contribution >= 4 is 16.5 Å². The lowest BCUT2D eigenvalue weighted by atomic mass is 10.0. The zero-order valence-electron chi connectivity index (χ0n) is 12.8. The highest BCUT2D eigenvalue weighted by Crippen LogP contribution is 2.41. The van der Waals surface area contributed by atoms with Gasteiger partial charge in [-0.25, -0.2) is 4.98 Å². The molecule has 1 aromatic heterocycles. The van der Waals surface area contributed by atoms with Crippen molar-refractivity contribution in [3.8, 4) is 0 Å². The predicted octanol–water partition coefficient (Wildman–Crippen LogP) is 2.78. The highest BCUT2D eigenvalue weighted by Gasteiger charge is 2.37. The summed E-state index contributed by atoms with van der Waals surface area (Å²) < 4.78 is 5.34. The van der Waals surface area contributed by atoms with Gasteiger partial charge in [-0.3, -0.25) is 0 Å². The summed E-state index contributed by atoms with van der Waals surface area (Å²) in [5.41, 5.74) is 1.14. The van der Waals surface area contributed by atoms with E-state index in [1.807, 2.05) is 11.3 Å². The molecule has 1 aliphatic heterocycles. The number of hydrogen-bond acceptors (Lipinski definition) is 5. The van der Waals surface area contributed by atoms with Gasteiger partial charge in [0.1, 0.15) is 0 Å². The van der Waals surface area contributed by atoms with E-state index in [4.69, 9.17) is 9.72 Å². The van der Waals surface area contributed by atoms with Crippen LogP contribution in [0.25, 0.3) is 0 Å². The Balaban J connectivity index is 1.47. The van der Waals surface area contributed by atoms with Gasteiger partial charge in [-0.2, -0.15) is 0 Å². The molecule has 2 heterocycles. The first kappa shape index (κ1) is 14.0. The van der Waals surface area contributed by atoms with Crippen molar-refractivity contribution in [3.63, 3.8) is 0 Å². The molecule has 0 aromatic carbocycles. The molecule has 4 rings (SSSR count). The number of nitrogens with zero attached hydrogens (tertiary/aromatic N) is 2. The van der Waals surface area contributed by atoms with E-state index >= 15 is 0 Å². The van der Waals surface area contributed by atoms with Gasteiger partial charge in [0.25, 0.3) is 0 Å². The number of hydrogen-bond donors (Lipinski definition) is 1. The average molecular weight is 307 g/mol. The molecular weight excluding hydrogens is 282 g/mol. The SMILES string of the molecule is COCc1nc(N2CC3CCCC3C2)sc1CNC1CC1. The maximum absolute atomic E-state index is 5.34. The fraction of sp³-hybridized carbons (Fsp3) is 0.812. The quantitative estimate of drug-likeness (QED) is 0.877. The summed E-state index contributed by atoms with van der Waals surface area (Å²) in [5, 5.41) is 4.84. The van der Waals surface area contributed by atoms with E-state index in [-0.39, 0.29) is 0 Å². The minimum absolute atomic E-state index is 0.638. The van der Waals surface area contributed by atoms with Gasteiger partial charge in [0.05, 0.1) is 12.3 Å². The molecule has 116 valence electrons. The smallest absolute Gasteiger partial charge is 0.185 e. The number of thiazole rings is 1. The lowest BCUT2D eigenvalue weighted by molar-refractivity contribution is 0.181. The number of anilines is 1. The fourth-order valence-electron chi connectivity index (χ4n) is 3.81. The third-order valence-electron chi connectivity index (χ3n) is 5.17. The van der Waals surface area contributed by atoms with Crippen molar-refractivity contribution in [2.45, 2.75) is 51.3 Å². The van der Waals surface area contributed by atoms with Crippen molar-refractivity contribution in [2.75, 3.05) is 25.1 Å². The van der Waals surface area contributed by atoms with E-state index in [2.05, 4.69) is 10.2 Å². The van der Waals surface area contributed by atoms with E-state index in [9.17, 15) is 0 Å². The van der Waals surface area contributed by atoms with Crippen LogP contribution in [-0.4, -0.2) is 31.2 Å². The average Bonchev–Trinajstić information content (AvgIpc) is 2.87. The summed E-state index contributed by atoms with van der Waals surface area (Å²) in [6.07, 6.45) is 6.95. The largest absolute Gasteiger partial charge is 0.378 e. The van der Waals surface area contributed by atoms with Gasteiger partial charge >= 0.3 is 0 Å². The van der Waals surface area contributed by atoms with E-state index in [0.29, 0.717) is 6.61 Å². The Bertz CT molecular complexity index is 488. The van der Waals surface area contributed by atoms with Crippen LogP contribution in [0.2, 0.25) is 0 Å². The first-order valence-corrected chi connectivity index (χ1v) is 9.11. The zero-order chi connectivity index (χ0) is 14.2. The molecule has 2 aliphatic carbocycles. The summed E-state index contributed by atoms with van der Waals surface area (Å²) in [6.45, 7) is 4.04. The summed E-state index contributed by atoms with van der Waals surface area (Å²) in [7, 11) is 1.76. The summed E-state index contributed by atoms with van der Waals surface area (Å²) in [6, 6.07) is 0.747. The number of fused-ring (bicyclic) bond motifs is 1. The van der Waals surface area contributed by atoms with Crippen molar-refractivity contribution in [1.82, 2.24) is 10.3 Å². The van der Waals surface area contributed by atoms with E-state index in [1.165, 1.54) is 55.2 Å². The Kier molecular flexibility index (Phi) is 3.90. The number of rotatable bonds is 6. The summed E-state index contributed by atoms with van der Waals surface area (Å²) in [4.78, 5) is 8.78. The summed E-state index contributed by atoms with van der Waals surface area (Å²) >= 11 is 1.88. The van der Waals surface area contributed by atoms with Crippen LogP contribution in [0.4, 0.5) is 5.13 Å². The Morgan fingerprint density at radius 3 is 2.67 bits per heavy atom. The van der Waals surface area contributed by atoms with E-state index in [1.54, 1.807) is 7.11 Å². The normalized spacial score (nSPS) is 28.3. The molecular formula is C16H25N3OS. The molecule has 0 bridgehead atoms. The molecule has 0 amide bonds. The van der Waals surface area contributed by atoms with Crippen LogP contribution in [0.3, 0.4) is 0 Å². The lowest BCUT2D eigenvalue weighted by Crippen LogP contribution is -2.20. The van der Waals surface area contributed by atoms with Crippen LogP contribution in [0.5, 0.6) is 0 Å². The highest BCUT2D eigenvalue weighted by atomic mass is 32.1. The Labute approximate surface area is 130 Å². The van der Waals surface area contributed by atoms with E-state index in [0.717, 1.165) is 30.1 Å². The van der Waals surface area contributed by atoms with Gasteiger partial charge in [-0.15, -0.1) is 11.3 Å². The second kappa shape index (κ2) is 5.86. The Morgan fingerprint density at radius 2 is 2.00 bits per heavy atom. The maximum Gasteiger partial charge on any atom is 0.185 e.